The lowest BCUT2D eigenvalue weighted by molar-refractivity contribution is -0.120. The summed E-state index contributed by atoms with van der Waals surface area (Å²) in [6.45, 7) is 5.91. The van der Waals surface area contributed by atoms with E-state index in [0.717, 1.165) is 27.3 Å². The van der Waals surface area contributed by atoms with Crippen molar-refractivity contribution in [2.75, 3.05) is 10.2 Å². The molecule has 0 fully saturated rings. The summed E-state index contributed by atoms with van der Waals surface area (Å²) in [6, 6.07) is 18.5. The zero-order valence-corrected chi connectivity index (χ0v) is 17.0. The quantitative estimate of drug-likeness (QED) is 0.617. The molecule has 0 bridgehead atoms. The molecule has 3 aromatic rings. The van der Waals surface area contributed by atoms with Crippen LogP contribution in [0.2, 0.25) is 0 Å². The lowest BCUT2D eigenvalue weighted by atomic mass is 10.0. The number of carbonyl (C=O) groups excluding carboxylic acids is 2. The van der Waals surface area contributed by atoms with Gasteiger partial charge >= 0.3 is 0 Å². The highest BCUT2D eigenvalue weighted by atomic mass is 19.1. The largest absolute Gasteiger partial charge is 0.350 e. The molecule has 0 saturated heterocycles. The van der Waals surface area contributed by atoms with Crippen molar-refractivity contribution in [2.24, 2.45) is 0 Å². The minimum atomic E-state index is -0.469. The molecule has 0 aromatic heterocycles. The van der Waals surface area contributed by atoms with Crippen LogP contribution < -0.4 is 10.2 Å². The van der Waals surface area contributed by atoms with Crippen LogP contribution in [0.5, 0.6) is 0 Å². The topological polar surface area (TPSA) is 49.4 Å². The van der Waals surface area contributed by atoms with Gasteiger partial charge in [-0.25, -0.2) is 9.29 Å². The average Bonchev–Trinajstić information content (AvgIpc) is 2.97. The smallest absolute Gasteiger partial charge is 0.282 e. The zero-order valence-electron chi connectivity index (χ0n) is 17.0. The number of carbonyl (C=O) groups is 2. The first-order valence-electron chi connectivity index (χ1n) is 9.65. The van der Waals surface area contributed by atoms with Crippen molar-refractivity contribution in [3.8, 4) is 0 Å². The molecule has 1 N–H and O–H groups in total. The number of benzene rings is 3. The van der Waals surface area contributed by atoms with E-state index in [1.807, 2.05) is 63.2 Å². The summed E-state index contributed by atoms with van der Waals surface area (Å²) < 4.78 is 13.4. The van der Waals surface area contributed by atoms with Crippen LogP contribution in [0.15, 0.2) is 72.4 Å². The van der Waals surface area contributed by atoms with Crippen molar-refractivity contribution in [1.29, 1.82) is 0 Å². The second-order valence-corrected chi connectivity index (χ2v) is 7.41. The Labute approximate surface area is 174 Å². The number of anilines is 2. The van der Waals surface area contributed by atoms with E-state index in [1.165, 1.54) is 24.3 Å². The van der Waals surface area contributed by atoms with Crippen molar-refractivity contribution in [3.05, 3.63) is 100 Å². The van der Waals surface area contributed by atoms with E-state index in [0.29, 0.717) is 16.8 Å². The molecule has 3 aromatic carbocycles. The minimum absolute atomic E-state index is 0.210. The van der Waals surface area contributed by atoms with Crippen LogP contribution in [0.3, 0.4) is 0 Å². The molecule has 30 heavy (non-hydrogen) atoms. The summed E-state index contributed by atoms with van der Waals surface area (Å²) >= 11 is 0. The number of hydrogen-bond donors (Lipinski definition) is 1. The van der Waals surface area contributed by atoms with Gasteiger partial charge in [0.15, 0.2) is 0 Å². The van der Waals surface area contributed by atoms with Crippen molar-refractivity contribution in [2.45, 2.75) is 20.8 Å². The van der Waals surface area contributed by atoms with Crippen LogP contribution in [-0.2, 0) is 9.59 Å². The fraction of sp³-hybridized carbons (Fsp3) is 0.120. The Morgan fingerprint density at radius 3 is 2.13 bits per heavy atom. The predicted octanol–water partition coefficient (Wildman–Crippen LogP) is 5.15. The van der Waals surface area contributed by atoms with Gasteiger partial charge < -0.3 is 5.32 Å². The van der Waals surface area contributed by atoms with E-state index < -0.39 is 17.6 Å². The molecule has 5 heteroatoms. The molecule has 150 valence electrons. The standard InChI is InChI=1S/C25H21FN2O2/c1-15-7-9-18(10-8-15)22-23(27-21-6-4-5-16(2)17(21)3)25(30)28(24(22)29)20-13-11-19(26)12-14-20/h4-14,27H,1-3H3. The van der Waals surface area contributed by atoms with Crippen molar-refractivity contribution >= 4 is 28.8 Å². The Morgan fingerprint density at radius 1 is 0.800 bits per heavy atom. The Balaban J connectivity index is 1.84. The van der Waals surface area contributed by atoms with Crippen LogP contribution in [-0.4, -0.2) is 11.8 Å². The maximum absolute atomic E-state index is 13.4. The summed E-state index contributed by atoms with van der Waals surface area (Å²) in [6.07, 6.45) is 0. The van der Waals surface area contributed by atoms with Gasteiger partial charge in [-0.05, 0) is 67.8 Å². The van der Waals surface area contributed by atoms with Gasteiger partial charge in [-0.15, -0.1) is 0 Å². The molecule has 1 aliphatic heterocycles. The van der Waals surface area contributed by atoms with E-state index in [9.17, 15) is 14.0 Å². The van der Waals surface area contributed by atoms with Gasteiger partial charge in [-0.3, -0.25) is 9.59 Å². The molecule has 0 radical (unpaired) electrons. The van der Waals surface area contributed by atoms with E-state index in [-0.39, 0.29) is 5.70 Å². The second kappa shape index (κ2) is 7.59. The first-order valence-corrected chi connectivity index (χ1v) is 9.65. The molecule has 4 rings (SSSR count). The molecule has 0 spiro atoms. The summed E-state index contributed by atoms with van der Waals surface area (Å²) in [5.74, 6) is -1.34. The number of imide groups is 1. The summed E-state index contributed by atoms with van der Waals surface area (Å²) in [5.41, 5.74) is 5.36. The van der Waals surface area contributed by atoms with Gasteiger partial charge in [0, 0.05) is 5.69 Å². The SMILES string of the molecule is Cc1ccc(C2=C(Nc3cccc(C)c3C)C(=O)N(c3ccc(F)cc3)C2=O)cc1. The van der Waals surface area contributed by atoms with Gasteiger partial charge in [0.05, 0.1) is 11.3 Å². The first-order chi connectivity index (χ1) is 14.4. The summed E-state index contributed by atoms with van der Waals surface area (Å²) in [5, 5.41) is 3.20. The number of aryl methyl sites for hydroxylation is 2. The van der Waals surface area contributed by atoms with Gasteiger partial charge in [-0.1, -0.05) is 42.0 Å². The van der Waals surface area contributed by atoms with E-state index >= 15 is 0 Å². The van der Waals surface area contributed by atoms with E-state index in [2.05, 4.69) is 5.32 Å². The van der Waals surface area contributed by atoms with E-state index in [1.54, 1.807) is 0 Å². The normalized spacial score (nSPS) is 13.9. The number of nitrogens with one attached hydrogen (secondary N) is 1. The van der Waals surface area contributed by atoms with Crippen molar-refractivity contribution in [1.82, 2.24) is 0 Å². The third kappa shape index (κ3) is 3.39. The van der Waals surface area contributed by atoms with Gasteiger partial charge in [0.2, 0.25) is 0 Å². The zero-order chi connectivity index (χ0) is 21.4. The average molecular weight is 400 g/mol. The van der Waals surface area contributed by atoms with E-state index in [4.69, 9.17) is 0 Å². The third-order valence-electron chi connectivity index (χ3n) is 5.37. The lowest BCUT2D eigenvalue weighted by Crippen LogP contribution is -2.32. The summed E-state index contributed by atoms with van der Waals surface area (Å²) in [7, 11) is 0. The Kier molecular flexibility index (Phi) is 4.96. The van der Waals surface area contributed by atoms with Crippen LogP contribution in [0.25, 0.3) is 5.57 Å². The molecular weight excluding hydrogens is 379 g/mol. The Morgan fingerprint density at radius 2 is 1.47 bits per heavy atom. The first kappa shape index (κ1) is 19.6. The minimum Gasteiger partial charge on any atom is -0.350 e. The summed E-state index contributed by atoms with van der Waals surface area (Å²) in [4.78, 5) is 27.8. The molecule has 0 aliphatic carbocycles. The molecule has 0 saturated carbocycles. The fourth-order valence-corrected chi connectivity index (χ4v) is 3.48. The Hall–Kier alpha value is -3.73. The highest BCUT2D eigenvalue weighted by molar-refractivity contribution is 6.46. The lowest BCUT2D eigenvalue weighted by Gasteiger charge is -2.16. The van der Waals surface area contributed by atoms with Crippen molar-refractivity contribution in [3.63, 3.8) is 0 Å². The molecule has 0 atom stereocenters. The molecule has 1 heterocycles. The number of rotatable bonds is 4. The third-order valence-corrected chi connectivity index (χ3v) is 5.37. The van der Waals surface area contributed by atoms with Crippen LogP contribution >= 0.6 is 0 Å². The maximum Gasteiger partial charge on any atom is 0.282 e. The molecule has 2 amide bonds. The highest BCUT2D eigenvalue weighted by Crippen LogP contribution is 2.34. The monoisotopic (exact) mass is 400 g/mol. The van der Waals surface area contributed by atoms with Crippen LogP contribution in [0.4, 0.5) is 15.8 Å². The van der Waals surface area contributed by atoms with Gasteiger partial charge in [-0.2, -0.15) is 0 Å². The number of nitrogens with zero attached hydrogens (tertiary/aromatic N) is 1. The number of halogens is 1. The Bertz CT molecular complexity index is 1180. The molecule has 0 unspecified atom stereocenters. The molecular formula is C25H21FN2O2. The predicted molar refractivity (Wildman–Crippen MR) is 117 cm³/mol. The number of hydrogen-bond acceptors (Lipinski definition) is 3. The maximum atomic E-state index is 13.4. The highest BCUT2D eigenvalue weighted by Gasteiger charge is 2.40. The number of amides is 2. The fourth-order valence-electron chi connectivity index (χ4n) is 3.48. The second-order valence-electron chi connectivity index (χ2n) is 7.41. The van der Waals surface area contributed by atoms with Crippen LogP contribution in [0, 0.1) is 26.6 Å². The van der Waals surface area contributed by atoms with Crippen LogP contribution in [0.1, 0.15) is 22.3 Å². The van der Waals surface area contributed by atoms with Gasteiger partial charge in [0.25, 0.3) is 11.8 Å². The molecule has 1 aliphatic rings. The van der Waals surface area contributed by atoms with Gasteiger partial charge in [0.1, 0.15) is 11.5 Å². The molecule has 4 nitrogen and oxygen atoms in total. The van der Waals surface area contributed by atoms with Crippen molar-refractivity contribution < 1.29 is 14.0 Å².